The molecule has 3 rings (SSSR count). The fourth-order valence-corrected chi connectivity index (χ4v) is 4.91. The van der Waals surface area contributed by atoms with Crippen molar-refractivity contribution in [2.45, 2.75) is 46.6 Å². The Hall–Kier alpha value is -2.75. The summed E-state index contributed by atoms with van der Waals surface area (Å²) >= 11 is 1.40. The Morgan fingerprint density at radius 2 is 2.17 bits per heavy atom. The van der Waals surface area contributed by atoms with Crippen LogP contribution in [0.3, 0.4) is 0 Å². The number of aromatic nitrogens is 2. The third kappa shape index (κ3) is 4.47. The van der Waals surface area contributed by atoms with Gasteiger partial charge in [-0.3, -0.25) is 19.6 Å². The highest BCUT2D eigenvalue weighted by Gasteiger charge is 2.34. The maximum atomic E-state index is 12.5. The van der Waals surface area contributed by atoms with Crippen molar-refractivity contribution in [1.29, 1.82) is 0 Å². The number of anilines is 1. The second-order valence-electron chi connectivity index (χ2n) is 8.21. The Morgan fingerprint density at radius 1 is 1.45 bits per heavy atom. The van der Waals surface area contributed by atoms with Crippen molar-refractivity contribution in [1.82, 2.24) is 9.78 Å². The number of nitrogens with one attached hydrogen (secondary N) is 1. The highest BCUT2D eigenvalue weighted by Crippen LogP contribution is 2.44. The molecule has 1 N–H and O–H groups in total. The van der Waals surface area contributed by atoms with Gasteiger partial charge in [0.2, 0.25) is 5.91 Å². The smallest absolute Gasteiger partial charge is 0.341 e. The van der Waals surface area contributed by atoms with Crippen LogP contribution in [0.5, 0.6) is 0 Å². The first-order chi connectivity index (χ1) is 13.6. The minimum absolute atomic E-state index is 0.158. The van der Waals surface area contributed by atoms with Crippen LogP contribution in [0.2, 0.25) is 0 Å². The number of carbonyl (C=O) groups excluding carboxylic acids is 2. The number of thiophene rings is 1. The normalized spacial score (nSPS) is 16.2. The first-order valence-corrected chi connectivity index (χ1v) is 10.1. The van der Waals surface area contributed by atoms with E-state index in [-0.39, 0.29) is 17.6 Å². The molecular formula is C19H24N4O5S. The average Bonchev–Trinajstić information content (AvgIpc) is 3.23. The van der Waals surface area contributed by atoms with E-state index in [2.05, 4.69) is 31.2 Å². The minimum Gasteiger partial charge on any atom is -0.465 e. The molecule has 1 amide bonds. The predicted molar refractivity (Wildman–Crippen MR) is 108 cm³/mol. The lowest BCUT2D eigenvalue weighted by Gasteiger charge is -2.33. The quantitative estimate of drug-likeness (QED) is 0.450. The molecule has 0 radical (unpaired) electrons. The zero-order valence-corrected chi connectivity index (χ0v) is 17.7. The van der Waals surface area contributed by atoms with Gasteiger partial charge in [0.15, 0.2) is 0 Å². The molecule has 0 unspecified atom stereocenters. The SMILES string of the molecule is COC(=O)c1c(NC(=O)Cn2cc([N+](=O)[O-])cn2)sc2c1CC[C@@H](C(C)(C)C)C2. The average molecular weight is 420 g/mol. The van der Waals surface area contributed by atoms with Crippen LogP contribution in [-0.2, 0) is 28.9 Å². The van der Waals surface area contributed by atoms with Gasteiger partial charge in [0, 0.05) is 4.88 Å². The lowest BCUT2D eigenvalue weighted by Crippen LogP contribution is -2.26. The van der Waals surface area contributed by atoms with Crippen LogP contribution in [0.4, 0.5) is 10.7 Å². The Bertz CT molecular complexity index is 956. The predicted octanol–water partition coefficient (Wildman–Crippen LogP) is 3.43. The molecule has 2 aromatic rings. The number of fused-ring (bicyclic) bond motifs is 1. The van der Waals surface area contributed by atoms with E-state index in [9.17, 15) is 19.7 Å². The van der Waals surface area contributed by atoms with E-state index >= 15 is 0 Å². The van der Waals surface area contributed by atoms with Crippen molar-refractivity contribution < 1.29 is 19.2 Å². The van der Waals surface area contributed by atoms with E-state index in [1.54, 1.807) is 0 Å². The van der Waals surface area contributed by atoms with E-state index in [1.807, 2.05) is 0 Å². The summed E-state index contributed by atoms with van der Waals surface area (Å²) in [7, 11) is 1.32. The molecule has 156 valence electrons. The molecule has 0 bridgehead atoms. The minimum atomic E-state index is -0.574. The van der Waals surface area contributed by atoms with E-state index in [0.29, 0.717) is 16.5 Å². The molecule has 29 heavy (non-hydrogen) atoms. The number of rotatable bonds is 5. The van der Waals surface area contributed by atoms with Gasteiger partial charge in [0.1, 0.15) is 23.9 Å². The summed E-state index contributed by atoms with van der Waals surface area (Å²) in [6.45, 7) is 6.44. The van der Waals surface area contributed by atoms with Gasteiger partial charge in [-0.15, -0.1) is 11.3 Å². The lowest BCUT2D eigenvalue weighted by molar-refractivity contribution is -0.385. The van der Waals surface area contributed by atoms with E-state index in [0.717, 1.165) is 35.9 Å². The maximum absolute atomic E-state index is 12.5. The third-order valence-corrected chi connectivity index (χ3v) is 6.44. The molecule has 9 nitrogen and oxygen atoms in total. The molecule has 0 aliphatic heterocycles. The Kier molecular flexibility index (Phi) is 5.74. The van der Waals surface area contributed by atoms with Crippen LogP contribution < -0.4 is 5.32 Å². The van der Waals surface area contributed by atoms with Crippen LogP contribution >= 0.6 is 11.3 Å². The molecule has 1 aliphatic rings. The van der Waals surface area contributed by atoms with E-state index in [1.165, 1.54) is 29.3 Å². The van der Waals surface area contributed by atoms with Crippen molar-refractivity contribution >= 4 is 33.9 Å². The number of hydrogen-bond donors (Lipinski definition) is 1. The van der Waals surface area contributed by atoms with Gasteiger partial charge in [0.25, 0.3) is 0 Å². The summed E-state index contributed by atoms with van der Waals surface area (Å²) in [5.74, 6) is -0.395. The van der Waals surface area contributed by atoms with Crippen LogP contribution in [0, 0.1) is 21.4 Å². The standard InChI is InChI=1S/C19H24N4O5S/c1-19(2,3)11-5-6-13-14(7-11)29-17(16(13)18(25)28-4)21-15(24)10-22-9-12(8-20-22)23(26)27/h8-9,11H,5-7,10H2,1-4H3,(H,21,24)/t11-/m1/s1. The topological polar surface area (TPSA) is 116 Å². The van der Waals surface area contributed by atoms with Gasteiger partial charge in [0.05, 0.1) is 17.6 Å². The molecule has 0 saturated heterocycles. The number of ether oxygens (including phenoxy) is 1. The summed E-state index contributed by atoms with van der Waals surface area (Å²) in [5, 5.41) is 17.8. The Morgan fingerprint density at radius 3 is 2.76 bits per heavy atom. The molecule has 1 aliphatic carbocycles. The number of methoxy groups -OCH3 is 1. The van der Waals surface area contributed by atoms with Crippen LogP contribution in [0.1, 0.15) is 48.0 Å². The van der Waals surface area contributed by atoms with Crippen molar-refractivity contribution in [3.63, 3.8) is 0 Å². The summed E-state index contributed by atoms with van der Waals surface area (Å²) in [5.41, 5.74) is 1.34. The van der Waals surface area contributed by atoms with E-state index in [4.69, 9.17) is 4.74 Å². The second kappa shape index (κ2) is 7.94. The molecule has 2 aromatic heterocycles. The van der Waals surface area contributed by atoms with Gasteiger partial charge in [-0.1, -0.05) is 20.8 Å². The Balaban J connectivity index is 1.82. The van der Waals surface area contributed by atoms with Gasteiger partial charge in [-0.25, -0.2) is 4.79 Å². The monoisotopic (exact) mass is 420 g/mol. The van der Waals surface area contributed by atoms with Crippen LogP contribution in [-0.4, -0.2) is 33.7 Å². The second-order valence-corrected chi connectivity index (χ2v) is 9.31. The molecule has 0 spiro atoms. The molecule has 0 saturated carbocycles. The fourth-order valence-electron chi connectivity index (χ4n) is 3.58. The van der Waals surface area contributed by atoms with E-state index < -0.39 is 16.8 Å². The summed E-state index contributed by atoms with van der Waals surface area (Å²) < 4.78 is 6.14. The molecule has 0 fully saturated rings. The number of nitrogens with zero attached hydrogens (tertiary/aromatic N) is 3. The van der Waals surface area contributed by atoms with Crippen molar-refractivity contribution in [3.05, 3.63) is 38.5 Å². The van der Waals surface area contributed by atoms with Gasteiger partial charge < -0.3 is 10.1 Å². The fraction of sp³-hybridized carbons (Fsp3) is 0.526. The Labute approximate surface area is 172 Å². The number of amides is 1. The van der Waals surface area contributed by atoms with Gasteiger partial charge >= 0.3 is 11.7 Å². The number of esters is 1. The molecule has 10 heteroatoms. The van der Waals surface area contributed by atoms with Crippen LogP contribution in [0.15, 0.2) is 12.4 Å². The van der Waals surface area contributed by atoms with Crippen LogP contribution in [0.25, 0.3) is 0 Å². The first-order valence-electron chi connectivity index (χ1n) is 9.29. The van der Waals surface area contributed by atoms with Gasteiger partial charge in [-0.05, 0) is 36.2 Å². The number of carbonyl (C=O) groups is 2. The molecular weight excluding hydrogens is 396 g/mol. The summed E-state index contributed by atoms with van der Waals surface area (Å²) in [6.07, 6.45) is 4.87. The van der Waals surface area contributed by atoms with Crippen molar-refractivity contribution in [2.75, 3.05) is 12.4 Å². The third-order valence-electron chi connectivity index (χ3n) is 5.27. The van der Waals surface area contributed by atoms with Crippen molar-refractivity contribution in [3.8, 4) is 0 Å². The molecule has 0 aromatic carbocycles. The number of hydrogen-bond acceptors (Lipinski definition) is 7. The zero-order valence-electron chi connectivity index (χ0n) is 16.9. The van der Waals surface area contributed by atoms with Gasteiger partial charge in [-0.2, -0.15) is 5.10 Å². The summed E-state index contributed by atoms with van der Waals surface area (Å²) in [4.78, 5) is 36.2. The largest absolute Gasteiger partial charge is 0.465 e. The first kappa shape index (κ1) is 21.0. The molecule has 1 atom stereocenters. The maximum Gasteiger partial charge on any atom is 0.341 e. The lowest BCUT2D eigenvalue weighted by atomic mass is 9.72. The summed E-state index contributed by atoms with van der Waals surface area (Å²) in [6, 6.07) is 0. The van der Waals surface area contributed by atoms with Crippen molar-refractivity contribution in [2.24, 2.45) is 11.3 Å². The zero-order chi connectivity index (χ0) is 21.3. The number of nitro groups is 1. The molecule has 2 heterocycles. The highest BCUT2D eigenvalue weighted by atomic mass is 32.1. The highest BCUT2D eigenvalue weighted by molar-refractivity contribution is 7.17.